The van der Waals surface area contributed by atoms with Crippen LogP contribution in [0.15, 0.2) is 4.52 Å². The number of hydrogen-bond donors (Lipinski definition) is 2. The third kappa shape index (κ3) is 3.01. The number of hydrogen-bond acceptors (Lipinski definition) is 6. The molecular weight excluding hydrogens is 282 g/mol. The minimum Gasteiger partial charge on any atom is -0.342 e. The van der Waals surface area contributed by atoms with Crippen molar-refractivity contribution in [2.45, 2.75) is 50.6 Å². The molecule has 1 aliphatic carbocycles. The Kier molecular flexibility index (Phi) is 4.44. The second-order valence-electron chi connectivity index (χ2n) is 6.48. The van der Waals surface area contributed by atoms with Crippen molar-refractivity contribution in [1.82, 2.24) is 25.7 Å². The Morgan fingerprint density at radius 1 is 1.41 bits per heavy atom. The van der Waals surface area contributed by atoms with E-state index < -0.39 is 5.54 Å². The van der Waals surface area contributed by atoms with E-state index in [-0.39, 0.29) is 11.9 Å². The number of likely N-dealkylation sites (N-methyl/N-ethyl adjacent to an activating group) is 1. The Balaban J connectivity index is 1.84. The van der Waals surface area contributed by atoms with Gasteiger partial charge in [-0.1, -0.05) is 24.4 Å². The van der Waals surface area contributed by atoms with Crippen molar-refractivity contribution in [1.29, 1.82) is 0 Å². The van der Waals surface area contributed by atoms with Crippen LogP contribution >= 0.6 is 0 Å². The smallest absolute Gasteiger partial charge is 0.252 e. The van der Waals surface area contributed by atoms with Crippen LogP contribution in [0, 0.1) is 0 Å². The lowest BCUT2D eigenvalue weighted by atomic mass is 9.81. The number of nitrogens with zero attached hydrogens (tertiary/aromatic N) is 3. The highest BCUT2D eigenvalue weighted by molar-refractivity contribution is 5.73. The highest BCUT2D eigenvalue weighted by Gasteiger charge is 2.40. The van der Waals surface area contributed by atoms with Gasteiger partial charge >= 0.3 is 0 Å². The molecular formula is C15H25N5O2. The van der Waals surface area contributed by atoms with Crippen LogP contribution in [0.3, 0.4) is 0 Å². The maximum absolute atomic E-state index is 11.6. The van der Waals surface area contributed by atoms with E-state index in [0.717, 1.165) is 45.3 Å². The second-order valence-corrected chi connectivity index (χ2v) is 6.48. The van der Waals surface area contributed by atoms with Gasteiger partial charge in [0.25, 0.3) is 5.89 Å². The summed E-state index contributed by atoms with van der Waals surface area (Å²) in [5.74, 6) is 1.23. The lowest BCUT2D eigenvalue weighted by Crippen LogP contribution is -2.47. The number of carbonyl (C=O) groups is 1. The summed E-state index contributed by atoms with van der Waals surface area (Å²) in [6, 6.07) is 0.129. The van der Waals surface area contributed by atoms with Crippen molar-refractivity contribution in [2.75, 3.05) is 26.7 Å². The zero-order chi connectivity index (χ0) is 15.6. The Morgan fingerprint density at radius 2 is 2.18 bits per heavy atom. The van der Waals surface area contributed by atoms with Crippen LogP contribution in [-0.2, 0) is 10.3 Å². The summed E-state index contributed by atoms with van der Waals surface area (Å²) in [4.78, 5) is 18.5. The van der Waals surface area contributed by atoms with Gasteiger partial charge in [0.2, 0.25) is 5.91 Å². The van der Waals surface area contributed by atoms with E-state index >= 15 is 0 Å². The summed E-state index contributed by atoms with van der Waals surface area (Å²) in [5.41, 5.74) is -0.476. The molecule has 0 spiro atoms. The lowest BCUT2D eigenvalue weighted by Gasteiger charge is -2.34. The van der Waals surface area contributed by atoms with Gasteiger partial charge in [-0.2, -0.15) is 4.98 Å². The summed E-state index contributed by atoms with van der Waals surface area (Å²) >= 11 is 0. The Labute approximate surface area is 130 Å². The van der Waals surface area contributed by atoms with Crippen molar-refractivity contribution in [3.63, 3.8) is 0 Å². The first-order valence-electron chi connectivity index (χ1n) is 8.14. The fourth-order valence-corrected chi connectivity index (χ4v) is 3.54. The largest absolute Gasteiger partial charge is 0.342 e. The number of rotatable bonds is 3. The van der Waals surface area contributed by atoms with Gasteiger partial charge in [0.15, 0.2) is 5.82 Å². The van der Waals surface area contributed by atoms with Crippen molar-refractivity contribution >= 4 is 5.91 Å². The zero-order valence-corrected chi connectivity index (χ0v) is 13.4. The maximum atomic E-state index is 11.6. The van der Waals surface area contributed by atoms with Crippen LogP contribution in [-0.4, -0.2) is 47.6 Å². The van der Waals surface area contributed by atoms with Crippen LogP contribution in [0.1, 0.15) is 56.8 Å². The molecule has 0 aromatic carbocycles. The molecule has 3 rings (SSSR count). The van der Waals surface area contributed by atoms with Crippen LogP contribution in [0.4, 0.5) is 0 Å². The molecule has 1 amide bonds. The molecule has 122 valence electrons. The summed E-state index contributed by atoms with van der Waals surface area (Å²) in [7, 11) is 2.08. The first-order chi connectivity index (χ1) is 10.6. The maximum Gasteiger partial charge on any atom is 0.252 e. The van der Waals surface area contributed by atoms with Crippen molar-refractivity contribution in [3.8, 4) is 0 Å². The van der Waals surface area contributed by atoms with Gasteiger partial charge in [-0.3, -0.25) is 9.69 Å². The molecule has 2 heterocycles. The molecule has 1 aliphatic heterocycles. The predicted molar refractivity (Wildman–Crippen MR) is 81.1 cm³/mol. The fraction of sp³-hybridized carbons (Fsp3) is 0.800. The molecule has 1 aromatic heterocycles. The predicted octanol–water partition coefficient (Wildman–Crippen LogP) is 0.941. The van der Waals surface area contributed by atoms with E-state index in [1.54, 1.807) is 6.92 Å². The second kappa shape index (κ2) is 6.34. The number of piperazine rings is 1. The monoisotopic (exact) mass is 307 g/mol. The van der Waals surface area contributed by atoms with Crippen LogP contribution in [0.25, 0.3) is 0 Å². The summed E-state index contributed by atoms with van der Waals surface area (Å²) in [5, 5.41) is 10.6. The molecule has 7 nitrogen and oxygen atoms in total. The Morgan fingerprint density at radius 3 is 2.86 bits per heavy atom. The zero-order valence-electron chi connectivity index (χ0n) is 13.4. The molecule has 1 aromatic rings. The normalized spacial score (nSPS) is 25.8. The average molecular weight is 307 g/mol. The number of carbonyl (C=O) groups excluding carboxylic acids is 1. The van der Waals surface area contributed by atoms with E-state index in [1.807, 2.05) is 0 Å². The van der Waals surface area contributed by atoms with Crippen LogP contribution < -0.4 is 10.6 Å². The summed E-state index contributed by atoms with van der Waals surface area (Å²) < 4.78 is 5.58. The molecule has 1 saturated heterocycles. The van der Waals surface area contributed by atoms with E-state index in [1.165, 1.54) is 6.42 Å². The fourth-order valence-electron chi connectivity index (χ4n) is 3.54. The molecule has 2 aliphatic rings. The third-order valence-corrected chi connectivity index (χ3v) is 4.78. The van der Waals surface area contributed by atoms with Gasteiger partial charge in [0.05, 0.1) is 6.04 Å². The van der Waals surface area contributed by atoms with Gasteiger partial charge < -0.3 is 15.2 Å². The Hall–Kier alpha value is -1.47. The highest BCUT2D eigenvalue weighted by Crippen LogP contribution is 2.36. The van der Waals surface area contributed by atoms with Gasteiger partial charge in [-0.05, 0) is 19.9 Å². The minimum atomic E-state index is -0.476. The van der Waals surface area contributed by atoms with Gasteiger partial charge in [0.1, 0.15) is 5.54 Å². The molecule has 0 bridgehead atoms. The molecule has 1 atom stereocenters. The molecule has 2 N–H and O–H groups in total. The lowest BCUT2D eigenvalue weighted by molar-refractivity contribution is -0.121. The summed E-state index contributed by atoms with van der Waals surface area (Å²) in [6.07, 6.45) is 5.07. The van der Waals surface area contributed by atoms with Crippen molar-refractivity contribution < 1.29 is 9.32 Å². The van der Waals surface area contributed by atoms with Gasteiger partial charge in [-0.15, -0.1) is 0 Å². The first-order valence-corrected chi connectivity index (χ1v) is 8.14. The first kappa shape index (κ1) is 15.4. The minimum absolute atomic E-state index is 0.0434. The molecule has 2 fully saturated rings. The van der Waals surface area contributed by atoms with E-state index in [4.69, 9.17) is 4.52 Å². The number of amides is 1. The Bertz CT molecular complexity index is 524. The van der Waals surface area contributed by atoms with E-state index in [0.29, 0.717) is 11.7 Å². The van der Waals surface area contributed by atoms with E-state index in [2.05, 4.69) is 32.7 Å². The molecule has 1 saturated carbocycles. The SMILES string of the molecule is CC(=O)NC1(c2nc(C3CNCCN3C)no2)CCCCC1. The standard InChI is InChI=1S/C15H25N5O2/c1-11(21)18-15(6-4-3-5-7-15)14-17-13(19-22-14)12-10-16-8-9-20(12)2/h12,16H,3-10H2,1-2H3,(H,18,21). The van der Waals surface area contributed by atoms with E-state index in [9.17, 15) is 4.79 Å². The van der Waals surface area contributed by atoms with Gasteiger partial charge in [0, 0.05) is 26.6 Å². The molecule has 1 unspecified atom stereocenters. The average Bonchev–Trinajstić information content (AvgIpc) is 2.98. The molecule has 22 heavy (non-hydrogen) atoms. The quantitative estimate of drug-likeness (QED) is 0.865. The van der Waals surface area contributed by atoms with Crippen LogP contribution in [0.5, 0.6) is 0 Å². The highest BCUT2D eigenvalue weighted by atomic mass is 16.5. The van der Waals surface area contributed by atoms with Gasteiger partial charge in [-0.25, -0.2) is 0 Å². The topological polar surface area (TPSA) is 83.3 Å². The summed E-state index contributed by atoms with van der Waals surface area (Å²) in [6.45, 7) is 4.31. The molecule has 0 radical (unpaired) electrons. The van der Waals surface area contributed by atoms with Crippen molar-refractivity contribution in [3.05, 3.63) is 11.7 Å². The third-order valence-electron chi connectivity index (χ3n) is 4.78. The number of nitrogens with one attached hydrogen (secondary N) is 2. The number of aromatic nitrogens is 2. The molecule has 7 heteroatoms. The van der Waals surface area contributed by atoms with Crippen LogP contribution in [0.2, 0.25) is 0 Å². The van der Waals surface area contributed by atoms with Crippen molar-refractivity contribution in [2.24, 2.45) is 0 Å².